The average Bonchev–Trinajstić information content (AvgIpc) is 2.34. The van der Waals surface area contributed by atoms with Crippen LogP contribution in [0.2, 0.25) is 0 Å². The molecule has 0 saturated carbocycles. The third kappa shape index (κ3) is 3.61. The number of rotatable bonds is 6. The van der Waals surface area contributed by atoms with Crippen molar-refractivity contribution in [1.82, 2.24) is 0 Å². The summed E-state index contributed by atoms with van der Waals surface area (Å²) >= 11 is 3.43. The van der Waals surface area contributed by atoms with Gasteiger partial charge in [-0.1, -0.05) is 15.9 Å². The minimum Gasteiger partial charge on any atom is -0.497 e. The first kappa shape index (κ1) is 14.8. The molecule has 0 aromatic heterocycles. The van der Waals surface area contributed by atoms with Gasteiger partial charge in [0.1, 0.15) is 11.5 Å². The molecule has 100 valence electrons. The number of hydrogen-bond donors (Lipinski definition) is 2. The van der Waals surface area contributed by atoms with E-state index in [1.165, 1.54) is 0 Å². The first-order chi connectivity index (χ1) is 8.49. The molecular formula is C12H17BrN2O3. The van der Waals surface area contributed by atoms with Crippen LogP contribution < -0.4 is 20.9 Å². The Morgan fingerprint density at radius 3 is 2.56 bits per heavy atom. The first-order valence-electron chi connectivity index (χ1n) is 5.45. The monoisotopic (exact) mass is 316 g/mol. The van der Waals surface area contributed by atoms with E-state index in [-0.39, 0.29) is 18.4 Å². The zero-order valence-corrected chi connectivity index (χ0v) is 12.0. The van der Waals surface area contributed by atoms with Crippen LogP contribution in [-0.2, 0) is 4.79 Å². The average molecular weight is 317 g/mol. The zero-order chi connectivity index (χ0) is 13.7. The number of benzene rings is 1. The third-order valence-corrected chi connectivity index (χ3v) is 3.25. The molecule has 5 nitrogen and oxygen atoms in total. The van der Waals surface area contributed by atoms with Gasteiger partial charge in [0.2, 0.25) is 5.91 Å². The summed E-state index contributed by atoms with van der Waals surface area (Å²) in [4.78, 5) is 10.8. The summed E-state index contributed by atoms with van der Waals surface area (Å²) in [5.41, 5.74) is 12.0. The highest BCUT2D eigenvalue weighted by Gasteiger charge is 2.18. The SMILES string of the molecule is COc1cc(Br)c(C(N)CCC(N)=O)c(OC)c1. The van der Waals surface area contributed by atoms with Gasteiger partial charge in [0.05, 0.1) is 14.2 Å². The molecule has 1 aromatic carbocycles. The van der Waals surface area contributed by atoms with Crippen molar-refractivity contribution < 1.29 is 14.3 Å². The van der Waals surface area contributed by atoms with E-state index in [0.717, 1.165) is 10.0 Å². The van der Waals surface area contributed by atoms with Gasteiger partial charge in [-0.15, -0.1) is 0 Å². The number of amides is 1. The topological polar surface area (TPSA) is 87.6 Å². The number of methoxy groups -OCH3 is 2. The molecule has 0 aliphatic heterocycles. The molecule has 1 rings (SSSR count). The minimum atomic E-state index is -0.367. The molecule has 0 heterocycles. The van der Waals surface area contributed by atoms with Crippen molar-refractivity contribution in [2.45, 2.75) is 18.9 Å². The molecule has 18 heavy (non-hydrogen) atoms. The first-order valence-corrected chi connectivity index (χ1v) is 6.24. The van der Waals surface area contributed by atoms with E-state index in [1.807, 2.05) is 6.07 Å². The van der Waals surface area contributed by atoms with Crippen molar-refractivity contribution in [3.05, 3.63) is 22.2 Å². The Kier molecular flexibility index (Phi) is 5.43. The van der Waals surface area contributed by atoms with Gasteiger partial charge in [-0.25, -0.2) is 0 Å². The van der Waals surface area contributed by atoms with Crippen LogP contribution in [0.15, 0.2) is 16.6 Å². The molecule has 1 amide bonds. The standard InChI is InChI=1S/C12H17BrN2O3/c1-17-7-5-8(13)12(10(6-7)18-2)9(14)3-4-11(15)16/h5-6,9H,3-4,14H2,1-2H3,(H2,15,16). The summed E-state index contributed by atoms with van der Waals surface area (Å²) in [5.74, 6) is 0.928. The maximum absolute atomic E-state index is 10.8. The molecule has 0 radical (unpaired) electrons. The highest BCUT2D eigenvalue weighted by molar-refractivity contribution is 9.10. The minimum absolute atomic E-state index is 0.239. The fraction of sp³-hybridized carbons (Fsp3) is 0.417. The highest BCUT2D eigenvalue weighted by atomic mass is 79.9. The van der Waals surface area contributed by atoms with Crippen LogP contribution in [0.25, 0.3) is 0 Å². The summed E-state index contributed by atoms with van der Waals surface area (Å²) < 4.78 is 11.2. The normalized spacial score (nSPS) is 12.0. The Hall–Kier alpha value is -1.27. The Morgan fingerprint density at radius 2 is 2.06 bits per heavy atom. The molecule has 0 aliphatic carbocycles. The van der Waals surface area contributed by atoms with Gasteiger partial charge in [0, 0.05) is 28.6 Å². The van der Waals surface area contributed by atoms with Gasteiger partial charge in [-0.05, 0) is 12.5 Å². The Balaban J connectivity index is 3.02. The van der Waals surface area contributed by atoms with Crippen molar-refractivity contribution in [3.8, 4) is 11.5 Å². The Morgan fingerprint density at radius 1 is 1.39 bits per heavy atom. The number of carbonyl (C=O) groups excluding carboxylic acids is 1. The molecule has 0 spiro atoms. The Bertz CT molecular complexity index is 438. The zero-order valence-electron chi connectivity index (χ0n) is 10.4. The van der Waals surface area contributed by atoms with Gasteiger partial charge in [0.25, 0.3) is 0 Å². The lowest BCUT2D eigenvalue weighted by Gasteiger charge is -2.18. The summed E-state index contributed by atoms with van der Waals surface area (Å²) in [7, 11) is 3.14. The molecule has 6 heteroatoms. The molecule has 0 aliphatic rings. The van der Waals surface area contributed by atoms with E-state index in [0.29, 0.717) is 17.9 Å². The summed E-state index contributed by atoms with van der Waals surface area (Å²) in [6.07, 6.45) is 0.708. The highest BCUT2D eigenvalue weighted by Crippen LogP contribution is 2.37. The van der Waals surface area contributed by atoms with Crippen molar-refractivity contribution >= 4 is 21.8 Å². The van der Waals surface area contributed by atoms with Crippen molar-refractivity contribution in [1.29, 1.82) is 0 Å². The van der Waals surface area contributed by atoms with E-state index in [1.54, 1.807) is 20.3 Å². The maximum atomic E-state index is 10.8. The molecule has 0 saturated heterocycles. The second-order valence-electron chi connectivity index (χ2n) is 3.84. The van der Waals surface area contributed by atoms with Crippen LogP contribution in [-0.4, -0.2) is 20.1 Å². The number of nitrogens with two attached hydrogens (primary N) is 2. The van der Waals surface area contributed by atoms with Crippen molar-refractivity contribution in [3.63, 3.8) is 0 Å². The van der Waals surface area contributed by atoms with E-state index in [9.17, 15) is 4.79 Å². The smallest absolute Gasteiger partial charge is 0.217 e. The van der Waals surface area contributed by atoms with Gasteiger partial charge in [0.15, 0.2) is 0 Å². The van der Waals surface area contributed by atoms with E-state index < -0.39 is 0 Å². The summed E-state index contributed by atoms with van der Waals surface area (Å²) in [5, 5.41) is 0. The summed E-state index contributed by atoms with van der Waals surface area (Å²) in [6, 6.07) is 3.24. The molecule has 0 fully saturated rings. The quantitative estimate of drug-likeness (QED) is 0.836. The van der Waals surface area contributed by atoms with Crippen molar-refractivity contribution in [2.24, 2.45) is 11.5 Å². The number of carbonyl (C=O) groups is 1. The van der Waals surface area contributed by atoms with Gasteiger partial charge < -0.3 is 20.9 Å². The lowest BCUT2D eigenvalue weighted by Crippen LogP contribution is -2.17. The predicted molar refractivity (Wildman–Crippen MR) is 72.6 cm³/mol. The van der Waals surface area contributed by atoms with Crippen LogP contribution in [0.1, 0.15) is 24.4 Å². The predicted octanol–water partition coefficient (Wildman–Crippen LogP) is 1.73. The molecule has 4 N–H and O–H groups in total. The Labute approximate surface area is 115 Å². The van der Waals surface area contributed by atoms with Crippen LogP contribution in [0.4, 0.5) is 0 Å². The number of halogens is 1. The van der Waals surface area contributed by atoms with Crippen LogP contribution in [0, 0.1) is 0 Å². The van der Waals surface area contributed by atoms with E-state index in [4.69, 9.17) is 20.9 Å². The molecular weight excluding hydrogens is 300 g/mol. The molecule has 1 atom stereocenters. The van der Waals surface area contributed by atoms with E-state index >= 15 is 0 Å². The van der Waals surface area contributed by atoms with E-state index in [2.05, 4.69) is 15.9 Å². The second kappa shape index (κ2) is 6.61. The summed E-state index contributed by atoms with van der Waals surface area (Å²) in [6.45, 7) is 0. The number of hydrogen-bond acceptors (Lipinski definition) is 4. The second-order valence-corrected chi connectivity index (χ2v) is 4.69. The lowest BCUT2D eigenvalue weighted by atomic mass is 10.0. The van der Waals surface area contributed by atoms with Crippen LogP contribution >= 0.6 is 15.9 Å². The fourth-order valence-corrected chi connectivity index (χ4v) is 2.37. The largest absolute Gasteiger partial charge is 0.497 e. The number of primary amides is 1. The van der Waals surface area contributed by atoms with Crippen LogP contribution in [0.3, 0.4) is 0 Å². The lowest BCUT2D eigenvalue weighted by molar-refractivity contribution is -0.118. The van der Waals surface area contributed by atoms with Gasteiger partial charge >= 0.3 is 0 Å². The maximum Gasteiger partial charge on any atom is 0.217 e. The third-order valence-electron chi connectivity index (χ3n) is 2.59. The fourth-order valence-electron chi connectivity index (χ4n) is 1.66. The molecule has 0 bridgehead atoms. The molecule has 1 unspecified atom stereocenters. The molecule has 1 aromatic rings. The van der Waals surface area contributed by atoms with Crippen LogP contribution in [0.5, 0.6) is 11.5 Å². The van der Waals surface area contributed by atoms with Gasteiger partial charge in [-0.3, -0.25) is 4.79 Å². The van der Waals surface area contributed by atoms with Gasteiger partial charge in [-0.2, -0.15) is 0 Å². The number of ether oxygens (including phenoxy) is 2. The van der Waals surface area contributed by atoms with Crippen molar-refractivity contribution in [2.75, 3.05) is 14.2 Å².